The molecule has 4 aromatic carbocycles. The molecule has 51 heavy (non-hydrogen) atoms. The van der Waals surface area contributed by atoms with Crippen LogP contribution in [-0.4, -0.2) is 49.3 Å². The van der Waals surface area contributed by atoms with Gasteiger partial charge < -0.3 is 30.2 Å². The Morgan fingerprint density at radius 3 is 2.18 bits per heavy atom. The zero-order valence-corrected chi connectivity index (χ0v) is 30.9. The van der Waals surface area contributed by atoms with E-state index in [9.17, 15) is 14.4 Å². The molecule has 262 valence electrons. The summed E-state index contributed by atoms with van der Waals surface area (Å²) >= 11 is 15.0. The van der Waals surface area contributed by atoms with Crippen LogP contribution in [0.2, 0.25) is 10.0 Å². The minimum atomic E-state index is -0.566. The van der Waals surface area contributed by atoms with Crippen molar-refractivity contribution >= 4 is 80.9 Å². The number of hydrogen-bond acceptors (Lipinski definition) is 9. The highest BCUT2D eigenvalue weighted by atomic mass is 35.5. The molecule has 0 aliphatic heterocycles. The predicted octanol–water partition coefficient (Wildman–Crippen LogP) is 8.67. The van der Waals surface area contributed by atoms with Crippen LogP contribution in [0, 0.1) is 0 Å². The number of nitrogens with one attached hydrogen (secondary N) is 3. The number of aromatic nitrogens is 1. The van der Waals surface area contributed by atoms with Crippen LogP contribution in [0.1, 0.15) is 22.8 Å². The van der Waals surface area contributed by atoms with E-state index in [4.69, 9.17) is 37.4 Å². The summed E-state index contributed by atoms with van der Waals surface area (Å²) in [4.78, 5) is 45.0. The lowest BCUT2D eigenvalue weighted by molar-refractivity contribution is -0.115. The van der Waals surface area contributed by atoms with E-state index >= 15 is 0 Å². The van der Waals surface area contributed by atoms with Crippen LogP contribution in [0.15, 0.2) is 101 Å². The number of halogens is 2. The highest BCUT2D eigenvalue weighted by Gasteiger charge is 2.20. The van der Waals surface area contributed by atoms with Crippen molar-refractivity contribution in [2.75, 3.05) is 32.0 Å². The zero-order valence-electron chi connectivity index (χ0n) is 27.8. The standard InChI is InChI=1S/C37H32Cl2N4O6S2/c1-21(34(44)43-37-42-30(20-50-37)27-15-10-24(38)19-28(27)39)51-26-13-11-25(12-14-26)40-36(46)29(41-35(45)23-8-6-5-7-9-23)16-22-17-31(47-2)33(49-4)32(18-22)48-3/h5-21H,1-4H3,(H,40,46)(H,41,45)(H,42,43,44)/b29-16-. The van der Waals surface area contributed by atoms with Gasteiger partial charge in [0.2, 0.25) is 11.7 Å². The molecule has 0 spiro atoms. The van der Waals surface area contributed by atoms with Gasteiger partial charge in [0.15, 0.2) is 16.6 Å². The fourth-order valence-corrected chi connectivity index (χ4v) is 6.81. The number of thioether (sulfide) groups is 1. The molecular formula is C37H32Cl2N4O6S2. The van der Waals surface area contributed by atoms with Crippen molar-refractivity contribution < 1.29 is 28.6 Å². The Morgan fingerprint density at radius 1 is 0.863 bits per heavy atom. The summed E-state index contributed by atoms with van der Waals surface area (Å²) in [6.45, 7) is 1.79. The monoisotopic (exact) mass is 762 g/mol. The first-order valence-corrected chi connectivity index (χ1v) is 17.8. The summed E-state index contributed by atoms with van der Waals surface area (Å²) in [6, 6.07) is 24.0. The third-order valence-electron chi connectivity index (χ3n) is 7.26. The summed E-state index contributed by atoms with van der Waals surface area (Å²) in [6.07, 6.45) is 1.51. The Morgan fingerprint density at radius 2 is 1.55 bits per heavy atom. The molecule has 1 atom stereocenters. The molecular weight excluding hydrogens is 731 g/mol. The van der Waals surface area contributed by atoms with Crippen LogP contribution in [0.5, 0.6) is 17.2 Å². The number of nitrogens with zero attached hydrogens (tertiary/aromatic N) is 1. The highest BCUT2D eigenvalue weighted by molar-refractivity contribution is 8.00. The number of anilines is 2. The molecule has 3 amide bonds. The topological polar surface area (TPSA) is 128 Å². The van der Waals surface area contributed by atoms with Gasteiger partial charge in [-0.15, -0.1) is 23.1 Å². The average molecular weight is 764 g/mol. The van der Waals surface area contributed by atoms with Crippen molar-refractivity contribution in [1.29, 1.82) is 0 Å². The van der Waals surface area contributed by atoms with Crippen LogP contribution in [0.4, 0.5) is 10.8 Å². The predicted molar refractivity (Wildman–Crippen MR) is 205 cm³/mol. The first kappa shape index (κ1) is 37.3. The lowest BCUT2D eigenvalue weighted by atomic mass is 10.1. The second kappa shape index (κ2) is 17.3. The van der Waals surface area contributed by atoms with Gasteiger partial charge in [0.05, 0.1) is 37.3 Å². The molecule has 0 bridgehead atoms. The van der Waals surface area contributed by atoms with Crippen molar-refractivity contribution in [3.63, 3.8) is 0 Å². The fraction of sp³-hybridized carbons (Fsp3) is 0.135. The van der Waals surface area contributed by atoms with Gasteiger partial charge in [-0.05, 0) is 85.3 Å². The molecule has 0 aliphatic rings. The van der Waals surface area contributed by atoms with Gasteiger partial charge >= 0.3 is 0 Å². The summed E-state index contributed by atoms with van der Waals surface area (Å²) < 4.78 is 16.3. The maximum absolute atomic E-state index is 13.6. The molecule has 10 nitrogen and oxygen atoms in total. The average Bonchev–Trinajstić information content (AvgIpc) is 3.59. The van der Waals surface area contributed by atoms with E-state index in [-0.39, 0.29) is 11.6 Å². The van der Waals surface area contributed by atoms with Crippen molar-refractivity contribution in [2.24, 2.45) is 0 Å². The molecule has 0 fully saturated rings. The maximum atomic E-state index is 13.6. The molecule has 0 saturated carbocycles. The Balaban J connectivity index is 1.27. The molecule has 0 radical (unpaired) electrons. The Bertz CT molecular complexity index is 2050. The third kappa shape index (κ3) is 9.62. The van der Waals surface area contributed by atoms with E-state index in [2.05, 4.69) is 20.9 Å². The Kier molecular flexibility index (Phi) is 12.6. The summed E-state index contributed by atoms with van der Waals surface area (Å²) in [5.74, 6) is -0.107. The van der Waals surface area contributed by atoms with E-state index in [0.717, 1.165) is 10.5 Å². The summed E-state index contributed by atoms with van der Waals surface area (Å²) in [5, 5.41) is 11.2. The van der Waals surface area contributed by atoms with E-state index in [1.54, 1.807) is 91.9 Å². The van der Waals surface area contributed by atoms with Gasteiger partial charge in [0.25, 0.3) is 11.8 Å². The van der Waals surface area contributed by atoms with Gasteiger partial charge in [-0.2, -0.15) is 0 Å². The fourth-order valence-electron chi connectivity index (χ4n) is 4.73. The number of methoxy groups -OCH3 is 3. The van der Waals surface area contributed by atoms with Crippen molar-refractivity contribution in [3.8, 4) is 28.5 Å². The largest absolute Gasteiger partial charge is 0.493 e. The second-order valence-corrected chi connectivity index (χ2v) is 13.8. The molecule has 0 saturated heterocycles. The summed E-state index contributed by atoms with van der Waals surface area (Å²) in [7, 11) is 4.47. The first-order chi connectivity index (χ1) is 24.6. The van der Waals surface area contributed by atoms with Gasteiger partial charge in [-0.25, -0.2) is 4.98 Å². The number of benzene rings is 4. The highest BCUT2D eigenvalue weighted by Crippen LogP contribution is 2.39. The Hall–Kier alpha value is -5.01. The van der Waals surface area contributed by atoms with Gasteiger partial charge in [0, 0.05) is 32.1 Å². The number of thiazole rings is 1. The van der Waals surface area contributed by atoms with Gasteiger partial charge in [-0.3, -0.25) is 14.4 Å². The molecule has 1 aromatic heterocycles. The zero-order chi connectivity index (χ0) is 36.5. The maximum Gasteiger partial charge on any atom is 0.272 e. The number of carbonyl (C=O) groups is 3. The molecule has 1 heterocycles. The lowest BCUT2D eigenvalue weighted by Gasteiger charge is -2.15. The number of hydrogen-bond donors (Lipinski definition) is 3. The minimum Gasteiger partial charge on any atom is -0.493 e. The smallest absolute Gasteiger partial charge is 0.272 e. The van der Waals surface area contributed by atoms with E-state index < -0.39 is 17.1 Å². The number of amides is 3. The van der Waals surface area contributed by atoms with Gasteiger partial charge in [-0.1, -0.05) is 41.4 Å². The number of carbonyl (C=O) groups excluding carboxylic acids is 3. The molecule has 14 heteroatoms. The van der Waals surface area contributed by atoms with E-state index in [0.29, 0.717) is 54.9 Å². The van der Waals surface area contributed by atoms with E-state index in [1.165, 1.54) is 50.5 Å². The van der Waals surface area contributed by atoms with Crippen molar-refractivity contribution in [2.45, 2.75) is 17.1 Å². The van der Waals surface area contributed by atoms with Gasteiger partial charge in [0.1, 0.15) is 5.70 Å². The third-order valence-corrected chi connectivity index (χ3v) is 9.68. The normalized spacial score (nSPS) is 11.7. The van der Waals surface area contributed by atoms with Crippen LogP contribution in [0.3, 0.4) is 0 Å². The molecule has 3 N–H and O–H groups in total. The van der Waals surface area contributed by atoms with Crippen LogP contribution in [0.25, 0.3) is 17.3 Å². The second-order valence-electron chi connectivity index (χ2n) is 10.7. The Labute approximate surface area is 313 Å². The SMILES string of the molecule is COc1cc(/C=C(\NC(=O)c2ccccc2)C(=O)Nc2ccc(SC(C)C(=O)Nc3nc(-c4ccc(Cl)cc4Cl)cs3)cc2)cc(OC)c1OC. The van der Waals surface area contributed by atoms with Crippen LogP contribution in [-0.2, 0) is 9.59 Å². The first-order valence-electron chi connectivity index (χ1n) is 15.3. The van der Waals surface area contributed by atoms with E-state index in [1.807, 2.05) is 5.38 Å². The van der Waals surface area contributed by atoms with Crippen molar-refractivity contribution in [1.82, 2.24) is 10.3 Å². The quantitative estimate of drug-likeness (QED) is 0.0804. The molecule has 5 rings (SSSR count). The van der Waals surface area contributed by atoms with Crippen LogP contribution < -0.4 is 30.2 Å². The minimum absolute atomic E-state index is 0.0226. The van der Waals surface area contributed by atoms with Crippen molar-refractivity contribution in [3.05, 3.63) is 117 Å². The number of rotatable bonds is 13. The number of ether oxygens (including phenoxy) is 3. The lowest BCUT2D eigenvalue weighted by Crippen LogP contribution is -2.30. The summed E-state index contributed by atoms with van der Waals surface area (Å²) in [5.41, 5.74) is 2.70. The van der Waals surface area contributed by atoms with Crippen LogP contribution >= 0.6 is 46.3 Å². The molecule has 1 unspecified atom stereocenters. The molecule has 0 aliphatic carbocycles. The molecule has 5 aromatic rings.